The van der Waals surface area contributed by atoms with Crippen LogP contribution in [0.4, 0.5) is 0 Å². The number of carbonyl (C=O) groups is 2. The maximum atomic E-state index is 11.6. The molecule has 15 heavy (non-hydrogen) atoms. The van der Waals surface area contributed by atoms with Crippen molar-refractivity contribution in [2.24, 2.45) is 11.7 Å². The number of hydrogen-bond donors (Lipinski definition) is 1. The van der Waals surface area contributed by atoms with E-state index < -0.39 is 0 Å². The van der Waals surface area contributed by atoms with Crippen LogP contribution in [0.15, 0.2) is 0 Å². The lowest BCUT2D eigenvalue weighted by Crippen LogP contribution is -2.52. The molecule has 2 atom stereocenters. The fourth-order valence-corrected chi connectivity index (χ4v) is 1.55. The van der Waals surface area contributed by atoms with E-state index in [9.17, 15) is 9.59 Å². The van der Waals surface area contributed by atoms with Crippen LogP contribution in [-0.4, -0.2) is 54.8 Å². The van der Waals surface area contributed by atoms with E-state index in [1.165, 1.54) is 4.90 Å². The van der Waals surface area contributed by atoms with Crippen LogP contribution >= 0.6 is 0 Å². The number of hydrogen-bond acceptors (Lipinski definition) is 3. The molecule has 0 aromatic rings. The SMILES string of the molecule is CC1CC(=O)N(CC(=O)N(C)C)CC1N. The predicted octanol–water partition coefficient (Wildman–Crippen LogP) is -0.730. The summed E-state index contributed by atoms with van der Waals surface area (Å²) in [5.41, 5.74) is 5.86. The topological polar surface area (TPSA) is 66.6 Å². The van der Waals surface area contributed by atoms with Crippen LogP contribution in [0, 0.1) is 5.92 Å². The summed E-state index contributed by atoms with van der Waals surface area (Å²) in [6.07, 6.45) is 0.446. The Morgan fingerprint density at radius 1 is 1.60 bits per heavy atom. The lowest BCUT2D eigenvalue weighted by atomic mass is 9.94. The average Bonchev–Trinajstić information content (AvgIpc) is 2.13. The Morgan fingerprint density at radius 3 is 2.73 bits per heavy atom. The fraction of sp³-hybridized carbons (Fsp3) is 0.800. The molecule has 0 spiro atoms. The van der Waals surface area contributed by atoms with E-state index in [1.807, 2.05) is 6.92 Å². The molecule has 1 heterocycles. The van der Waals surface area contributed by atoms with Crippen LogP contribution in [0.25, 0.3) is 0 Å². The summed E-state index contributed by atoms with van der Waals surface area (Å²) in [6, 6.07) is -0.0161. The van der Waals surface area contributed by atoms with Crippen molar-refractivity contribution in [2.45, 2.75) is 19.4 Å². The van der Waals surface area contributed by atoms with Crippen molar-refractivity contribution in [3.63, 3.8) is 0 Å². The van der Waals surface area contributed by atoms with Gasteiger partial charge in [-0.15, -0.1) is 0 Å². The molecule has 0 aromatic heterocycles. The van der Waals surface area contributed by atoms with Crippen LogP contribution in [0.2, 0.25) is 0 Å². The molecule has 1 aliphatic heterocycles. The lowest BCUT2D eigenvalue weighted by Gasteiger charge is -2.34. The van der Waals surface area contributed by atoms with E-state index in [0.29, 0.717) is 13.0 Å². The average molecular weight is 213 g/mol. The zero-order chi connectivity index (χ0) is 11.6. The quantitative estimate of drug-likeness (QED) is 0.657. The molecule has 1 saturated heterocycles. The van der Waals surface area contributed by atoms with Gasteiger partial charge in [0.05, 0.1) is 6.54 Å². The van der Waals surface area contributed by atoms with Gasteiger partial charge in [0.25, 0.3) is 0 Å². The molecule has 0 radical (unpaired) electrons. The summed E-state index contributed by atoms with van der Waals surface area (Å²) in [5.74, 6) is 0.174. The zero-order valence-electron chi connectivity index (χ0n) is 9.56. The molecule has 1 aliphatic rings. The minimum absolute atomic E-state index is 0.0161. The number of carbonyl (C=O) groups excluding carboxylic acids is 2. The van der Waals surface area contributed by atoms with Gasteiger partial charge in [-0.25, -0.2) is 0 Å². The number of piperidine rings is 1. The summed E-state index contributed by atoms with van der Waals surface area (Å²) in [6.45, 7) is 2.60. The molecule has 0 aliphatic carbocycles. The molecule has 0 saturated carbocycles. The standard InChI is InChI=1S/C10H19N3O2/c1-7-4-9(14)13(5-8(7)11)6-10(15)12(2)3/h7-8H,4-6,11H2,1-3H3. The van der Waals surface area contributed by atoms with E-state index in [4.69, 9.17) is 5.73 Å². The molecule has 2 amide bonds. The molecule has 0 aromatic carbocycles. The summed E-state index contributed by atoms with van der Waals surface area (Å²) >= 11 is 0. The molecular formula is C10H19N3O2. The van der Waals surface area contributed by atoms with Gasteiger partial charge in [0.15, 0.2) is 0 Å². The number of rotatable bonds is 2. The van der Waals surface area contributed by atoms with Gasteiger partial charge < -0.3 is 15.5 Å². The van der Waals surface area contributed by atoms with Gasteiger partial charge in [0.1, 0.15) is 0 Å². The van der Waals surface area contributed by atoms with E-state index in [-0.39, 0.29) is 30.3 Å². The number of nitrogens with zero attached hydrogens (tertiary/aromatic N) is 2. The van der Waals surface area contributed by atoms with Crippen LogP contribution in [0.5, 0.6) is 0 Å². The summed E-state index contributed by atoms with van der Waals surface area (Å²) in [5, 5.41) is 0. The van der Waals surface area contributed by atoms with Gasteiger partial charge in [-0.3, -0.25) is 9.59 Å². The highest BCUT2D eigenvalue weighted by atomic mass is 16.2. The molecule has 1 rings (SSSR count). The van der Waals surface area contributed by atoms with Crippen molar-refractivity contribution in [3.05, 3.63) is 0 Å². The second-order valence-electron chi connectivity index (χ2n) is 4.41. The summed E-state index contributed by atoms with van der Waals surface area (Å²) in [7, 11) is 3.36. The second-order valence-corrected chi connectivity index (χ2v) is 4.41. The van der Waals surface area contributed by atoms with Gasteiger partial charge >= 0.3 is 0 Å². The normalized spacial score (nSPS) is 26.7. The minimum Gasteiger partial charge on any atom is -0.347 e. The van der Waals surface area contributed by atoms with Crippen molar-refractivity contribution >= 4 is 11.8 Å². The Balaban J connectivity index is 2.55. The Morgan fingerprint density at radius 2 is 2.20 bits per heavy atom. The van der Waals surface area contributed by atoms with Gasteiger partial charge in [0.2, 0.25) is 11.8 Å². The number of likely N-dealkylation sites (N-methyl/N-ethyl adjacent to an activating group) is 1. The third-order valence-corrected chi connectivity index (χ3v) is 2.84. The van der Waals surface area contributed by atoms with Crippen LogP contribution < -0.4 is 5.73 Å². The third kappa shape index (κ3) is 2.92. The third-order valence-electron chi connectivity index (χ3n) is 2.84. The molecule has 1 fully saturated rings. The van der Waals surface area contributed by atoms with Crippen LogP contribution in [0.1, 0.15) is 13.3 Å². The van der Waals surface area contributed by atoms with Gasteiger partial charge in [-0.2, -0.15) is 0 Å². The van der Waals surface area contributed by atoms with Crippen LogP contribution in [0.3, 0.4) is 0 Å². The summed E-state index contributed by atoms with van der Waals surface area (Å²) in [4.78, 5) is 26.1. The van der Waals surface area contributed by atoms with E-state index in [2.05, 4.69) is 0 Å². The molecule has 5 heteroatoms. The highest BCUT2D eigenvalue weighted by molar-refractivity contribution is 5.85. The molecule has 5 nitrogen and oxygen atoms in total. The van der Waals surface area contributed by atoms with Crippen molar-refractivity contribution in [2.75, 3.05) is 27.2 Å². The van der Waals surface area contributed by atoms with Gasteiger partial charge in [-0.05, 0) is 5.92 Å². The molecule has 2 unspecified atom stereocenters. The van der Waals surface area contributed by atoms with Crippen molar-refractivity contribution < 1.29 is 9.59 Å². The van der Waals surface area contributed by atoms with Gasteiger partial charge in [-0.1, -0.05) is 6.92 Å². The summed E-state index contributed by atoms with van der Waals surface area (Å²) < 4.78 is 0. The van der Waals surface area contributed by atoms with Gasteiger partial charge in [0, 0.05) is 33.1 Å². The Labute approximate surface area is 90.2 Å². The smallest absolute Gasteiger partial charge is 0.241 e. The number of likely N-dealkylation sites (tertiary alicyclic amines) is 1. The molecule has 86 valence electrons. The largest absolute Gasteiger partial charge is 0.347 e. The van der Waals surface area contributed by atoms with E-state index >= 15 is 0 Å². The molecule has 2 N–H and O–H groups in total. The lowest BCUT2D eigenvalue weighted by molar-refractivity contribution is -0.142. The number of amides is 2. The van der Waals surface area contributed by atoms with Crippen molar-refractivity contribution in [3.8, 4) is 0 Å². The van der Waals surface area contributed by atoms with Crippen LogP contribution in [-0.2, 0) is 9.59 Å². The number of nitrogens with two attached hydrogens (primary N) is 1. The Hall–Kier alpha value is -1.10. The molecule has 0 bridgehead atoms. The fourth-order valence-electron chi connectivity index (χ4n) is 1.55. The Bertz CT molecular complexity index is 265. The first kappa shape index (κ1) is 12.0. The highest BCUT2D eigenvalue weighted by Crippen LogP contribution is 2.16. The first-order valence-electron chi connectivity index (χ1n) is 5.15. The highest BCUT2D eigenvalue weighted by Gasteiger charge is 2.30. The Kier molecular flexibility index (Phi) is 3.68. The minimum atomic E-state index is -0.0647. The second kappa shape index (κ2) is 4.61. The predicted molar refractivity (Wildman–Crippen MR) is 57.0 cm³/mol. The first-order valence-corrected chi connectivity index (χ1v) is 5.15. The van der Waals surface area contributed by atoms with E-state index in [0.717, 1.165) is 0 Å². The van der Waals surface area contributed by atoms with E-state index in [1.54, 1.807) is 19.0 Å². The maximum absolute atomic E-state index is 11.6. The van der Waals surface area contributed by atoms with Crippen molar-refractivity contribution in [1.82, 2.24) is 9.80 Å². The van der Waals surface area contributed by atoms with Crippen molar-refractivity contribution in [1.29, 1.82) is 0 Å². The first-order chi connectivity index (χ1) is 6.91. The zero-order valence-corrected chi connectivity index (χ0v) is 9.56. The molecular weight excluding hydrogens is 194 g/mol. The maximum Gasteiger partial charge on any atom is 0.241 e. The monoisotopic (exact) mass is 213 g/mol.